The molecule has 3 nitrogen and oxygen atoms in total. The molecule has 0 spiro atoms. The van der Waals surface area contributed by atoms with E-state index in [2.05, 4.69) is 0 Å². The van der Waals surface area contributed by atoms with Crippen molar-refractivity contribution in [3.63, 3.8) is 0 Å². The van der Waals surface area contributed by atoms with Gasteiger partial charge in [-0.05, 0) is 12.5 Å². The molecule has 1 aromatic rings. The van der Waals surface area contributed by atoms with Crippen molar-refractivity contribution >= 4 is 11.8 Å². The first kappa shape index (κ1) is 9.90. The molecule has 0 aromatic heterocycles. The summed E-state index contributed by atoms with van der Waals surface area (Å²) in [5.74, 6) is -1.06. The number of hydrogen-bond acceptors (Lipinski definition) is 3. The van der Waals surface area contributed by atoms with Crippen LogP contribution in [0, 0.1) is 5.92 Å². The second-order valence-corrected chi connectivity index (χ2v) is 3.73. The molecule has 2 unspecified atom stereocenters. The van der Waals surface area contributed by atoms with Crippen LogP contribution in [0.2, 0.25) is 0 Å². The van der Waals surface area contributed by atoms with Crippen molar-refractivity contribution in [3.8, 4) is 0 Å². The average molecular weight is 204 g/mol. The highest BCUT2D eigenvalue weighted by Gasteiger charge is 2.34. The smallest absolute Gasteiger partial charge is 0.316 e. The molecule has 0 bridgehead atoms. The van der Waals surface area contributed by atoms with E-state index in [1.54, 1.807) is 6.92 Å². The lowest BCUT2D eigenvalue weighted by atomic mass is 9.94. The Balaban J connectivity index is 2.20. The van der Waals surface area contributed by atoms with E-state index in [9.17, 15) is 9.59 Å². The lowest BCUT2D eigenvalue weighted by Crippen LogP contribution is -2.32. The molecule has 3 heteroatoms. The first-order valence-corrected chi connectivity index (χ1v) is 4.96. The summed E-state index contributed by atoms with van der Waals surface area (Å²) in [4.78, 5) is 22.8. The van der Waals surface area contributed by atoms with Crippen LogP contribution in [0.1, 0.15) is 25.0 Å². The first-order valence-electron chi connectivity index (χ1n) is 4.96. The normalized spacial score (nSPS) is 26.2. The monoisotopic (exact) mass is 204 g/mol. The lowest BCUT2D eigenvalue weighted by molar-refractivity contribution is -0.164. The Morgan fingerprint density at radius 3 is 2.47 bits per heavy atom. The third-order valence-electron chi connectivity index (χ3n) is 2.65. The Labute approximate surface area is 88.1 Å². The van der Waals surface area contributed by atoms with E-state index < -0.39 is 18.0 Å². The van der Waals surface area contributed by atoms with Crippen LogP contribution in [0.25, 0.3) is 0 Å². The van der Waals surface area contributed by atoms with Gasteiger partial charge in [-0.1, -0.05) is 30.3 Å². The summed E-state index contributed by atoms with van der Waals surface area (Å²) in [6.45, 7) is 1.59. The molecule has 1 aromatic carbocycles. The molecule has 0 N–H and O–H groups in total. The minimum Gasteiger partial charge on any atom is -0.456 e. The number of ether oxygens (including phenoxy) is 1. The number of hydrogen-bond donors (Lipinski definition) is 0. The topological polar surface area (TPSA) is 43.4 Å². The molecule has 1 heterocycles. The summed E-state index contributed by atoms with van der Waals surface area (Å²) in [6.07, 6.45) is -0.112. The molecule has 1 aliphatic rings. The van der Waals surface area contributed by atoms with Crippen molar-refractivity contribution in [1.82, 2.24) is 0 Å². The second kappa shape index (κ2) is 3.85. The fraction of sp³-hybridized carbons (Fsp3) is 0.333. The van der Waals surface area contributed by atoms with Crippen molar-refractivity contribution in [2.45, 2.75) is 19.4 Å². The van der Waals surface area contributed by atoms with E-state index in [0.29, 0.717) is 0 Å². The summed E-state index contributed by atoms with van der Waals surface area (Å²) >= 11 is 0. The molecule has 78 valence electrons. The van der Waals surface area contributed by atoms with Crippen LogP contribution >= 0.6 is 0 Å². The van der Waals surface area contributed by atoms with E-state index in [-0.39, 0.29) is 12.2 Å². The number of benzene rings is 1. The number of carbonyl (C=O) groups excluding carboxylic acids is 2. The van der Waals surface area contributed by atoms with Crippen LogP contribution < -0.4 is 0 Å². The number of Topliss-reactive ketones (excluding diaryl/α,β-unsaturated/α-hetero) is 1. The van der Waals surface area contributed by atoms with Gasteiger partial charge in [-0.2, -0.15) is 0 Å². The summed E-state index contributed by atoms with van der Waals surface area (Å²) in [7, 11) is 0. The Bertz CT molecular complexity index is 365. The molecule has 1 aliphatic heterocycles. The maximum atomic E-state index is 11.5. The number of rotatable bonds is 1. The zero-order valence-electron chi connectivity index (χ0n) is 8.47. The summed E-state index contributed by atoms with van der Waals surface area (Å²) in [5.41, 5.74) is 0.881. The van der Waals surface area contributed by atoms with Gasteiger partial charge in [0, 0.05) is 6.42 Å². The third-order valence-corrected chi connectivity index (χ3v) is 2.65. The number of carbonyl (C=O) groups is 2. The Morgan fingerprint density at radius 2 is 1.87 bits per heavy atom. The fourth-order valence-electron chi connectivity index (χ4n) is 1.63. The zero-order chi connectivity index (χ0) is 10.8. The summed E-state index contributed by atoms with van der Waals surface area (Å²) < 4.78 is 5.20. The fourth-order valence-corrected chi connectivity index (χ4v) is 1.63. The maximum Gasteiger partial charge on any atom is 0.316 e. The van der Waals surface area contributed by atoms with Gasteiger partial charge in [0.25, 0.3) is 0 Å². The van der Waals surface area contributed by atoms with E-state index in [0.717, 1.165) is 5.56 Å². The van der Waals surface area contributed by atoms with Gasteiger partial charge in [0.05, 0.1) is 0 Å². The predicted molar refractivity (Wildman–Crippen MR) is 54.1 cm³/mol. The van der Waals surface area contributed by atoms with Gasteiger partial charge in [-0.3, -0.25) is 9.59 Å². The maximum absolute atomic E-state index is 11.5. The highest BCUT2D eigenvalue weighted by atomic mass is 16.5. The molecule has 1 saturated heterocycles. The SMILES string of the molecule is CC1C(=O)CC(c2ccccc2)OC1=O. The standard InChI is InChI=1S/C12H12O3/c1-8-10(13)7-11(15-12(8)14)9-5-3-2-4-6-9/h2-6,8,11H,7H2,1H3. The van der Waals surface area contributed by atoms with E-state index in [1.165, 1.54) is 0 Å². The highest BCUT2D eigenvalue weighted by Crippen LogP contribution is 2.28. The number of cyclic esters (lactones) is 1. The van der Waals surface area contributed by atoms with Crippen LogP contribution in [0.3, 0.4) is 0 Å². The van der Waals surface area contributed by atoms with Crippen molar-refractivity contribution in [3.05, 3.63) is 35.9 Å². The van der Waals surface area contributed by atoms with Gasteiger partial charge >= 0.3 is 5.97 Å². The second-order valence-electron chi connectivity index (χ2n) is 3.73. The molecule has 2 atom stereocenters. The van der Waals surface area contributed by atoms with Crippen LogP contribution in [-0.2, 0) is 14.3 Å². The Hall–Kier alpha value is -1.64. The molecule has 0 aliphatic carbocycles. The molecule has 2 rings (SSSR count). The van der Waals surface area contributed by atoms with E-state index in [4.69, 9.17) is 4.74 Å². The number of ketones is 1. The highest BCUT2D eigenvalue weighted by molar-refractivity contribution is 6.00. The van der Waals surface area contributed by atoms with Crippen molar-refractivity contribution < 1.29 is 14.3 Å². The minimum absolute atomic E-state index is 0.0416. The van der Waals surface area contributed by atoms with Crippen LogP contribution in [0.5, 0.6) is 0 Å². The predicted octanol–water partition coefficient (Wildman–Crippen LogP) is 1.88. The van der Waals surface area contributed by atoms with Crippen LogP contribution in [0.15, 0.2) is 30.3 Å². The molecule has 0 radical (unpaired) electrons. The molecule has 15 heavy (non-hydrogen) atoms. The van der Waals surface area contributed by atoms with E-state index >= 15 is 0 Å². The van der Waals surface area contributed by atoms with Gasteiger partial charge in [-0.15, -0.1) is 0 Å². The van der Waals surface area contributed by atoms with Crippen molar-refractivity contribution in [1.29, 1.82) is 0 Å². The van der Waals surface area contributed by atoms with Crippen molar-refractivity contribution in [2.75, 3.05) is 0 Å². The molecular formula is C12H12O3. The van der Waals surface area contributed by atoms with Crippen LogP contribution in [-0.4, -0.2) is 11.8 Å². The van der Waals surface area contributed by atoms with Gasteiger partial charge in [0.1, 0.15) is 12.0 Å². The molecular weight excluding hydrogens is 192 g/mol. The Kier molecular flexibility index (Phi) is 2.54. The zero-order valence-corrected chi connectivity index (χ0v) is 8.47. The number of esters is 1. The summed E-state index contributed by atoms with van der Waals surface area (Å²) in [6, 6.07) is 9.35. The third kappa shape index (κ3) is 1.91. The van der Waals surface area contributed by atoms with Gasteiger partial charge in [-0.25, -0.2) is 0 Å². The molecule has 0 saturated carbocycles. The average Bonchev–Trinajstić information content (AvgIpc) is 2.26. The van der Waals surface area contributed by atoms with Gasteiger partial charge in [0.15, 0.2) is 5.78 Å². The minimum atomic E-state index is -0.607. The largest absolute Gasteiger partial charge is 0.456 e. The van der Waals surface area contributed by atoms with Gasteiger partial charge < -0.3 is 4.74 Å². The van der Waals surface area contributed by atoms with Gasteiger partial charge in [0.2, 0.25) is 0 Å². The van der Waals surface area contributed by atoms with Crippen molar-refractivity contribution in [2.24, 2.45) is 5.92 Å². The quantitative estimate of drug-likeness (QED) is 0.518. The Morgan fingerprint density at radius 1 is 1.20 bits per heavy atom. The molecule has 1 fully saturated rings. The van der Waals surface area contributed by atoms with E-state index in [1.807, 2.05) is 30.3 Å². The first-order chi connectivity index (χ1) is 7.18. The van der Waals surface area contributed by atoms with Crippen LogP contribution in [0.4, 0.5) is 0 Å². The summed E-state index contributed by atoms with van der Waals surface area (Å²) in [5, 5.41) is 0. The molecule has 0 amide bonds. The lowest BCUT2D eigenvalue weighted by Gasteiger charge is -2.25.